The summed E-state index contributed by atoms with van der Waals surface area (Å²) in [5.41, 5.74) is 2.81. The number of rotatable bonds is 7. The quantitative estimate of drug-likeness (QED) is 0.437. The van der Waals surface area contributed by atoms with Crippen molar-refractivity contribution in [3.63, 3.8) is 0 Å². The molecule has 2 aromatic heterocycles. The van der Waals surface area contributed by atoms with Gasteiger partial charge in [0.1, 0.15) is 11.5 Å². The summed E-state index contributed by atoms with van der Waals surface area (Å²) in [7, 11) is 1.55. The van der Waals surface area contributed by atoms with Crippen LogP contribution in [0.5, 0.6) is 11.5 Å². The SMILES string of the molecule is CCC(C)Oc1cccc(C(=O)Nc2cc(-c3nc4ncccc4o3)ccc2OC)c1. The zero-order chi connectivity index (χ0) is 21.8. The minimum atomic E-state index is -0.274. The number of carbonyl (C=O) groups is 1. The van der Waals surface area contributed by atoms with Crippen molar-refractivity contribution in [1.82, 2.24) is 9.97 Å². The predicted octanol–water partition coefficient (Wildman–Crippen LogP) is 5.33. The van der Waals surface area contributed by atoms with Gasteiger partial charge in [-0.2, -0.15) is 4.98 Å². The van der Waals surface area contributed by atoms with Crippen molar-refractivity contribution < 1.29 is 18.7 Å². The maximum Gasteiger partial charge on any atom is 0.255 e. The number of methoxy groups -OCH3 is 1. The number of ether oxygens (including phenoxy) is 2. The van der Waals surface area contributed by atoms with E-state index in [4.69, 9.17) is 13.9 Å². The molecule has 7 heteroatoms. The van der Waals surface area contributed by atoms with Crippen LogP contribution in [0.4, 0.5) is 5.69 Å². The predicted molar refractivity (Wildman–Crippen MR) is 119 cm³/mol. The lowest BCUT2D eigenvalue weighted by atomic mass is 10.1. The summed E-state index contributed by atoms with van der Waals surface area (Å²) in [6, 6.07) is 16.0. The average molecular weight is 417 g/mol. The average Bonchev–Trinajstić information content (AvgIpc) is 3.23. The van der Waals surface area contributed by atoms with Crippen molar-refractivity contribution in [2.24, 2.45) is 0 Å². The highest BCUT2D eigenvalue weighted by Gasteiger charge is 2.15. The summed E-state index contributed by atoms with van der Waals surface area (Å²) in [6.45, 7) is 4.04. The number of anilines is 1. The van der Waals surface area contributed by atoms with Crippen molar-refractivity contribution in [2.45, 2.75) is 26.4 Å². The lowest BCUT2D eigenvalue weighted by Gasteiger charge is -2.14. The molecule has 4 rings (SSSR count). The Kier molecular flexibility index (Phi) is 5.84. The molecule has 1 atom stereocenters. The van der Waals surface area contributed by atoms with E-state index in [1.165, 1.54) is 0 Å². The minimum absolute atomic E-state index is 0.0703. The maximum absolute atomic E-state index is 12.9. The van der Waals surface area contributed by atoms with Gasteiger partial charge >= 0.3 is 0 Å². The Morgan fingerprint density at radius 3 is 2.81 bits per heavy atom. The van der Waals surface area contributed by atoms with E-state index < -0.39 is 0 Å². The minimum Gasteiger partial charge on any atom is -0.495 e. The highest BCUT2D eigenvalue weighted by Crippen LogP contribution is 2.32. The van der Waals surface area contributed by atoms with E-state index >= 15 is 0 Å². The Morgan fingerprint density at radius 2 is 2.03 bits per heavy atom. The first-order valence-electron chi connectivity index (χ1n) is 10.1. The van der Waals surface area contributed by atoms with E-state index in [1.54, 1.807) is 55.8 Å². The first-order chi connectivity index (χ1) is 15.1. The molecule has 0 aliphatic heterocycles. The van der Waals surface area contributed by atoms with E-state index in [-0.39, 0.29) is 12.0 Å². The molecular formula is C24H23N3O4. The number of hydrogen-bond acceptors (Lipinski definition) is 6. The van der Waals surface area contributed by atoms with Gasteiger partial charge in [0.15, 0.2) is 11.2 Å². The molecule has 0 fully saturated rings. The van der Waals surface area contributed by atoms with Crippen LogP contribution in [-0.2, 0) is 0 Å². The smallest absolute Gasteiger partial charge is 0.255 e. The molecule has 0 saturated heterocycles. The Bertz CT molecular complexity index is 1190. The van der Waals surface area contributed by atoms with Gasteiger partial charge in [0.25, 0.3) is 5.91 Å². The maximum atomic E-state index is 12.9. The van der Waals surface area contributed by atoms with Crippen LogP contribution in [0.15, 0.2) is 65.2 Å². The highest BCUT2D eigenvalue weighted by molar-refractivity contribution is 6.05. The molecule has 1 N–H and O–H groups in total. The van der Waals surface area contributed by atoms with E-state index in [1.807, 2.05) is 26.0 Å². The molecule has 1 unspecified atom stereocenters. The van der Waals surface area contributed by atoms with Crippen LogP contribution in [0.1, 0.15) is 30.6 Å². The van der Waals surface area contributed by atoms with Crippen molar-refractivity contribution >= 4 is 22.8 Å². The molecule has 0 aliphatic carbocycles. The zero-order valence-electron chi connectivity index (χ0n) is 17.6. The lowest BCUT2D eigenvalue weighted by Crippen LogP contribution is -2.14. The first-order valence-corrected chi connectivity index (χ1v) is 10.1. The molecule has 7 nitrogen and oxygen atoms in total. The van der Waals surface area contributed by atoms with E-state index in [0.717, 1.165) is 6.42 Å². The van der Waals surface area contributed by atoms with Gasteiger partial charge in [0.2, 0.25) is 5.89 Å². The van der Waals surface area contributed by atoms with E-state index in [2.05, 4.69) is 15.3 Å². The van der Waals surface area contributed by atoms with Gasteiger partial charge in [-0.1, -0.05) is 13.0 Å². The number of oxazole rings is 1. The van der Waals surface area contributed by atoms with Gasteiger partial charge in [0, 0.05) is 17.3 Å². The van der Waals surface area contributed by atoms with Crippen LogP contribution in [0.3, 0.4) is 0 Å². The molecule has 2 aromatic carbocycles. The standard InChI is InChI=1S/C24H23N3O4/c1-4-15(2)30-18-8-5-7-16(13-18)23(28)26-19-14-17(10-11-20(19)29-3)24-27-22-21(31-24)9-6-12-25-22/h5-15H,4H2,1-3H3,(H,26,28). The number of benzene rings is 2. The second-order valence-corrected chi connectivity index (χ2v) is 7.08. The molecule has 0 aliphatic rings. The summed E-state index contributed by atoms with van der Waals surface area (Å²) in [4.78, 5) is 21.5. The molecule has 31 heavy (non-hydrogen) atoms. The first kappa shape index (κ1) is 20.4. The Hall–Kier alpha value is -3.87. The molecule has 1 amide bonds. The van der Waals surface area contributed by atoms with Gasteiger partial charge in [-0.05, 0) is 61.9 Å². The van der Waals surface area contributed by atoms with Gasteiger partial charge < -0.3 is 19.2 Å². The van der Waals surface area contributed by atoms with Gasteiger partial charge in [-0.3, -0.25) is 4.79 Å². The van der Waals surface area contributed by atoms with Crippen LogP contribution in [0, 0.1) is 0 Å². The summed E-state index contributed by atoms with van der Waals surface area (Å²) in [6.07, 6.45) is 2.61. The molecule has 0 bridgehead atoms. The third kappa shape index (κ3) is 4.50. The second-order valence-electron chi connectivity index (χ2n) is 7.08. The fourth-order valence-electron chi connectivity index (χ4n) is 3.05. The molecule has 2 heterocycles. The van der Waals surface area contributed by atoms with Crippen LogP contribution >= 0.6 is 0 Å². The lowest BCUT2D eigenvalue weighted by molar-refractivity contribution is 0.102. The Labute approximate surface area is 180 Å². The normalized spacial score (nSPS) is 11.8. The summed E-state index contributed by atoms with van der Waals surface area (Å²) < 4.78 is 17.0. The monoisotopic (exact) mass is 417 g/mol. The molecule has 158 valence electrons. The van der Waals surface area contributed by atoms with E-state index in [0.29, 0.717) is 45.4 Å². The third-order valence-corrected chi connectivity index (χ3v) is 4.87. The van der Waals surface area contributed by atoms with Crippen LogP contribution in [-0.4, -0.2) is 29.1 Å². The number of nitrogens with zero attached hydrogens (tertiary/aromatic N) is 2. The summed E-state index contributed by atoms with van der Waals surface area (Å²) in [5, 5.41) is 2.91. The molecule has 0 spiro atoms. The Morgan fingerprint density at radius 1 is 1.16 bits per heavy atom. The number of amides is 1. The number of hydrogen-bond donors (Lipinski definition) is 1. The summed E-state index contributed by atoms with van der Waals surface area (Å²) in [5.74, 6) is 1.32. The third-order valence-electron chi connectivity index (χ3n) is 4.87. The van der Waals surface area contributed by atoms with E-state index in [9.17, 15) is 4.79 Å². The number of fused-ring (bicyclic) bond motifs is 1. The molecule has 0 radical (unpaired) electrons. The number of carbonyl (C=O) groups excluding carboxylic acids is 1. The highest BCUT2D eigenvalue weighted by atomic mass is 16.5. The topological polar surface area (TPSA) is 86.5 Å². The van der Waals surface area contributed by atoms with Gasteiger partial charge in [0.05, 0.1) is 18.9 Å². The zero-order valence-corrected chi connectivity index (χ0v) is 17.6. The number of nitrogens with one attached hydrogen (secondary N) is 1. The van der Waals surface area contributed by atoms with Crippen LogP contribution in [0.25, 0.3) is 22.7 Å². The molecular weight excluding hydrogens is 394 g/mol. The van der Waals surface area contributed by atoms with Crippen molar-refractivity contribution in [1.29, 1.82) is 0 Å². The summed E-state index contributed by atoms with van der Waals surface area (Å²) >= 11 is 0. The molecule has 0 saturated carbocycles. The fourth-order valence-corrected chi connectivity index (χ4v) is 3.05. The number of pyridine rings is 1. The van der Waals surface area contributed by atoms with Gasteiger partial charge in [-0.25, -0.2) is 4.98 Å². The van der Waals surface area contributed by atoms with Gasteiger partial charge in [-0.15, -0.1) is 0 Å². The van der Waals surface area contributed by atoms with Crippen molar-refractivity contribution in [3.8, 4) is 23.0 Å². The fraction of sp³-hybridized carbons (Fsp3) is 0.208. The number of aromatic nitrogens is 2. The Balaban J connectivity index is 1.61. The van der Waals surface area contributed by atoms with Crippen LogP contribution in [0.2, 0.25) is 0 Å². The molecule has 4 aromatic rings. The van der Waals surface area contributed by atoms with Crippen LogP contribution < -0.4 is 14.8 Å². The largest absolute Gasteiger partial charge is 0.495 e. The second kappa shape index (κ2) is 8.87. The van der Waals surface area contributed by atoms with Crippen molar-refractivity contribution in [2.75, 3.05) is 12.4 Å². The van der Waals surface area contributed by atoms with Crippen molar-refractivity contribution in [3.05, 3.63) is 66.4 Å².